The molecule has 0 saturated heterocycles. The minimum Gasteiger partial charge on any atom is -0.394 e. The Hall–Kier alpha value is -2.08. The highest BCUT2D eigenvalue weighted by Gasteiger charge is 2.44. The van der Waals surface area contributed by atoms with Crippen LogP contribution < -0.4 is 5.32 Å². The summed E-state index contributed by atoms with van der Waals surface area (Å²) in [7, 11) is 1.80. The standard InChI is InChI=1S/C13H16N4O2/c1-16-12(17-6-2-3-7-17)10(8-14-16)11(19)15-13(9-18)4-5-13/h2-3,6-8,18H,4-5,9H2,1H3,(H,15,19). The van der Waals surface area contributed by atoms with Gasteiger partial charge in [-0.15, -0.1) is 0 Å². The lowest BCUT2D eigenvalue weighted by atomic mass is 10.2. The molecule has 1 aliphatic rings. The van der Waals surface area contributed by atoms with Crippen molar-refractivity contribution in [3.63, 3.8) is 0 Å². The Labute approximate surface area is 110 Å². The predicted octanol–water partition coefficient (Wildman–Crippen LogP) is 0.465. The Balaban J connectivity index is 1.91. The van der Waals surface area contributed by atoms with Gasteiger partial charge in [-0.3, -0.25) is 9.48 Å². The lowest BCUT2D eigenvalue weighted by Crippen LogP contribution is -2.39. The van der Waals surface area contributed by atoms with Gasteiger partial charge in [-0.25, -0.2) is 0 Å². The van der Waals surface area contributed by atoms with Crippen LogP contribution in [0.5, 0.6) is 0 Å². The molecule has 3 rings (SSSR count). The maximum atomic E-state index is 12.3. The van der Waals surface area contributed by atoms with Crippen LogP contribution in [0.1, 0.15) is 23.2 Å². The van der Waals surface area contributed by atoms with E-state index < -0.39 is 5.54 Å². The van der Waals surface area contributed by atoms with Crippen molar-refractivity contribution in [1.29, 1.82) is 0 Å². The highest BCUT2D eigenvalue weighted by atomic mass is 16.3. The predicted molar refractivity (Wildman–Crippen MR) is 69.1 cm³/mol. The van der Waals surface area contributed by atoms with Crippen LogP contribution in [0, 0.1) is 0 Å². The fraction of sp³-hybridized carbons (Fsp3) is 0.385. The first-order chi connectivity index (χ1) is 9.15. The molecule has 0 aromatic carbocycles. The molecule has 100 valence electrons. The minimum absolute atomic E-state index is 0.0160. The van der Waals surface area contributed by atoms with Gasteiger partial charge in [0, 0.05) is 19.4 Å². The molecule has 2 heterocycles. The summed E-state index contributed by atoms with van der Waals surface area (Å²) in [6.07, 6.45) is 6.94. The molecule has 19 heavy (non-hydrogen) atoms. The van der Waals surface area contributed by atoms with Gasteiger partial charge in [0.1, 0.15) is 11.4 Å². The number of carbonyl (C=O) groups is 1. The summed E-state index contributed by atoms with van der Waals surface area (Å²) >= 11 is 0. The van der Waals surface area contributed by atoms with Crippen LogP contribution in [-0.4, -0.2) is 37.5 Å². The highest BCUT2D eigenvalue weighted by Crippen LogP contribution is 2.35. The molecule has 1 saturated carbocycles. The van der Waals surface area contributed by atoms with Gasteiger partial charge in [0.25, 0.3) is 5.91 Å². The quantitative estimate of drug-likeness (QED) is 0.839. The zero-order chi connectivity index (χ0) is 13.5. The van der Waals surface area contributed by atoms with E-state index in [1.165, 1.54) is 0 Å². The van der Waals surface area contributed by atoms with Crippen LogP contribution in [-0.2, 0) is 7.05 Å². The maximum absolute atomic E-state index is 12.3. The monoisotopic (exact) mass is 260 g/mol. The summed E-state index contributed by atoms with van der Waals surface area (Å²) in [6.45, 7) is -0.0160. The molecule has 1 amide bonds. The molecule has 0 aliphatic heterocycles. The van der Waals surface area contributed by atoms with E-state index in [0.29, 0.717) is 5.56 Å². The second-order valence-electron chi connectivity index (χ2n) is 4.99. The molecule has 0 unspecified atom stereocenters. The maximum Gasteiger partial charge on any atom is 0.257 e. The average molecular weight is 260 g/mol. The van der Waals surface area contributed by atoms with Gasteiger partial charge in [-0.1, -0.05) is 0 Å². The fourth-order valence-electron chi connectivity index (χ4n) is 2.15. The number of aliphatic hydroxyl groups excluding tert-OH is 1. The van der Waals surface area contributed by atoms with E-state index in [1.807, 2.05) is 29.1 Å². The Kier molecular flexibility index (Phi) is 2.67. The molecule has 2 aromatic rings. The first-order valence-corrected chi connectivity index (χ1v) is 6.24. The van der Waals surface area contributed by atoms with Crippen molar-refractivity contribution in [2.75, 3.05) is 6.61 Å². The number of carbonyl (C=O) groups excluding carboxylic acids is 1. The number of amides is 1. The zero-order valence-electron chi connectivity index (χ0n) is 10.7. The van der Waals surface area contributed by atoms with Gasteiger partial charge in [0.05, 0.1) is 18.3 Å². The van der Waals surface area contributed by atoms with E-state index in [-0.39, 0.29) is 12.5 Å². The molecule has 0 spiro atoms. The Morgan fingerprint density at radius 3 is 2.74 bits per heavy atom. The summed E-state index contributed by atoms with van der Waals surface area (Å²) in [5.41, 5.74) is 0.0966. The third-order valence-electron chi connectivity index (χ3n) is 3.54. The number of aryl methyl sites for hydroxylation is 1. The third kappa shape index (κ3) is 2.04. The molecule has 0 atom stereocenters. The summed E-state index contributed by atoms with van der Waals surface area (Å²) in [5, 5.41) is 16.3. The number of hydrogen-bond donors (Lipinski definition) is 2. The molecular formula is C13H16N4O2. The number of hydrogen-bond acceptors (Lipinski definition) is 3. The summed E-state index contributed by atoms with van der Waals surface area (Å²) < 4.78 is 3.51. The topological polar surface area (TPSA) is 72.1 Å². The third-order valence-corrected chi connectivity index (χ3v) is 3.54. The van der Waals surface area contributed by atoms with Crippen LogP contribution in [0.2, 0.25) is 0 Å². The van der Waals surface area contributed by atoms with Crippen LogP contribution >= 0.6 is 0 Å². The molecule has 0 bridgehead atoms. The van der Waals surface area contributed by atoms with Gasteiger partial charge >= 0.3 is 0 Å². The van der Waals surface area contributed by atoms with Gasteiger partial charge in [0.2, 0.25) is 0 Å². The molecule has 2 aromatic heterocycles. The molecule has 6 heteroatoms. The van der Waals surface area contributed by atoms with Crippen molar-refractivity contribution in [2.24, 2.45) is 7.05 Å². The molecule has 0 radical (unpaired) electrons. The van der Waals surface area contributed by atoms with Crippen molar-refractivity contribution >= 4 is 5.91 Å². The summed E-state index contributed by atoms with van der Waals surface area (Å²) in [4.78, 5) is 12.3. The van der Waals surface area contributed by atoms with Crippen LogP contribution in [0.15, 0.2) is 30.7 Å². The van der Waals surface area contributed by atoms with Gasteiger partial charge in [0.15, 0.2) is 0 Å². The number of nitrogens with zero attached hydrogens (tertiary/aromatic N) is 3. The smallest absolute Gasteiger partial charge is 0.257 e. The second kappa shape index (κ2) is 4.24. The van der Waals surface area contributed by atoms with E-state index in [4.69, 9.17) is 0 Å². The minimum atomic E-state index is -0.416. The van der Waals surface area contributed by atoms with Crippen molar-refractivity contribution in [1.82, 2.24) is 19.7 Å². The largest absolute Gasteiger partial charge is 0.394 e. The number of rotatable bonds is 4. The van der Waals surface area contributed by atoms with Crippen LogP contribution in [0.4, 0.5) is 0 Å². The Bertz CT molecular complexity index is 596. The van der Waals surface area contributed by atoms with Gasteiger partial charge in [-0.2, -0.15) is 5.10 Å². The van der Waals surface area contributed by atoms with Gasteiger partial charge < -0.3 is 15.0 Å². The van der Waals surface area contributed by atoms with E-state index in [1.54, 1.807) is 17.9 Å². The van der Waals surface area contributed by atoms with E-state index in [0.717, 1.165) is 18.7 Å². The molecule has 6 nitrogen and oxygen atoms in total. The van der Waals surface area contributed by atoms with E-state index >= 15 is 0 Å². The van der Waals surface area contributed by atoms with E-state index in [9.17, 15) is 9.90 Å². The Morgan fingerprint density at radius 2 is 2.16 bits per heavy atom. The van der Waals surface area contributed by atoms with Crippen molar-refractivity contribution in [3.8, 4) is 5.82 Å². The zero-order valence-corrected chi connectivity index (χ0v) is 10.7. The molecule has 2 N–H and O–H groups in total. The summed E-state index contributed by atoms with van der Waals surface area (Å²) in [5.74, 6) is 0.527. The van der Waals surface area contributed by atoms with E-state index in [2.05, 4.69) is 10.4 Å². The highest BCUT2D eigenvalue weighted by molar-refractivity contribution is 5.97. The normalized spacial score (nSPS) is 16.3. The molecule has 1 aliphatic carbocycles. The number of nitrogens with one attached hydrogen (secondary N) is 1. The van der Waals surface area contributed by atoms with Crippen molar-refractivity contribution in [2.45, 2.75) is 18.4 Å². The van der Waals surface area contributed by atoms with Crippen LogP contribution in [0.3, 0.4) is 0 Å². The second-order valence-corrected chi connectivity index (χ2v) is 4.99. The molecule has 1 fully saturated rings. The lowest BCUT2D eigenvalue weighted by molar-refractivity contribution is 0.0906. The lowest BCUT2D eigenvalue weighted by Gasteiger charge is -2.14. The average Bonchev–Trinajstić information content (AvgIpc) is 2.82. The number of aromatic nitrogens is 3. The molecular weight excluding hydrogens is 244 g/mol. The first-order valence-electron chi connectivity index (χ1n) is 6.24. The SMILES string of the molecule is Cn1ncc(C(=O)NC2(CO)CC2)c1-n1cccc1. The summed E-state index contributed by atoms with van der Waals surface area (Å²) in [6, 6.07) is 3.79. The van der Waals surface area contributed by atoms with Gasteiger partial charge in [-0.05, 0) is 25.0 Å². The van der Waals surface area contributed by atoms with Crippen molar-refractivity contribution < 1.29 is 9.90 Å². The fourth-order valence-corrected chi connectivity index (χ4v) is 2.15. The van der Waals surface area contributed by atoms with Crippen LogP contribution in [0.25, 0.3) is 5.82 Å². The van der Waals surface area contributed by atoms with Crippen molar-refractivity contribution in [3.05, 3.63) is 36.3 Å². The first kappa shape index (κ1) is 12.0. The Morgan fingerprint density at radius 1 is 1.47 bits per heavy atom. The number of aliphatic hydroxyl groups is 1.